The summed E-state index contributed by atoms with van der Waals surface area (Å²) >= 11 is 0. The van der Waals surface area contributed by atoms with E-state index in [1.165, 1.54) is 11.1 Å². The Morgan fingerprint density at radius 1 is 0.931 bits per heavy atom. The van der Waals surface area contributed by atoms with E-state index in [0.29, 0.717) is 18.4 Å². The highest BCUT2D eigenvalue weighted by Gasteiger charge is 2.10. The van der Waals surface area contributed by atoms with Crippen molar-refractivity contribution >= 4 is 5.91 Å². The maximum atomic E-state index is 11.5. The lowest BCUT2D eigenvalue weighted by molar-refractivity contribution is 0.0956. The van der Waals surface area contributed by atoms with Gasteiger partial charge in [-0.05, 0) is 57.2 Å². The number of rotatable bonds is 4. The van der Waals surface area contributed by atoms with Gasteiger partial charge in [0.1, 0.15) is 0 Å². The number of nitrogens with one attached hydrogen (secondary N) is 1. The van der Waals surface area contributed by atoms with E-state index in [2.05, 4.69) is 70.4 Å². The molecule has 2 aromatic rings. The van der Waals surface area contributed by atoms with E-state index in [1.807, 2.05) is 51.1 Å². The summed E-state index contributed by atoms with van der Waals surface area (Å²) in [5.41, 5.74) is 3.35. The quantitative estimate of drug-likeness (QED) is 0.531. The van der Waals surface area contributed by atoms with Crippen molar-refractivity contribution in [3.8, 4) is 0 Å². The lowest BCUT2D eigenvalue weighted by atomic mass is 9.90. The number of benzene rings is 2. The summed E-state index contributed by atoms with van der Waals surface area (Å²) in [7, 11) is 0. The molecule has 0 heterocycles. The predicted molar refractivity (Wildman–Crippen MR) is 131 cm³/mol. The number of hydrogen-bond acceptors (Lipinski definition) is 1. The predicted octanol–water partition coefficient (Wildman–Crippen LogP) is 7.58. The monoisotopic (exact) mass is 395 g/mol. The Hall–Kier alpha value is -2.61. The molecule has 160 valence electrons. The molecule has 2 nitrogen and oxygen atoms in total. The molecular weight excluding hydrogens is 354 g/mol. The van der Waals surface area contributed by atoms with Gasteiger partial charge in [-0.1, -0.05) is 81.0 Å². The van der Waals surface area contributed by atoms with Gasteiger partial charge in [0.05, 0.1) is 0 Å². The molecule has 1 unspecified atom stereocenters. The van der Waals surface area contributed by atoms with Gasteiger partial charge in [-0.3, -0.25) is 4.79 Å². The maximum absolute atomic E-state index is 11.5. The Morgan fingerprint density at radius 3 is 1.69 bits per heavy atom. The number of hydrogen-bond donors (Lipinski definition) is 1. The van der Waals surface area contributed by atoms with Crippen LogP contribution >= 0.6 is 0 Å². The van der Waals surface area contributed by atoms with Crippen molar-refractivity contribution in [3.05, 3.63) is 96.6 Å². The molecule has 0 bridgehead atoms. The molecule has 0 aliphatic carbocycles. The molecule has 1 N–H and O–H groups in total. The van der Waals surface area contributed by atoms with Crippen LogP contribution in [0.3, 0.4) is 0 Å². The normalized spacial score (nSPS) is 9.93. The minimum Gasteiger partial charge on any atom is -0.352 e. The molecule has 0 radical (unpaired) electrons. The number of amides is 1. The molecule has 0 fully saturated rings. The average molecular weight is 396 g/mol. The van der Waals surface area contributed by atoms with Crippen molar-refractivity contribution in [2.45, 2.75) is 54.4 Å². The van der Waals surface area contributed by atoms with Crippen molar-refractivity contribution in [1.29, 1.82) is 0 Å². The van der Waals surface area contributed by atoms with Crippen molar-refractivity contribution in [3.63, 3.8) is 0 Å². The second kappa shape index (κ2) is 18.7. The number of aryl methyl sites for hydroxylation is 1. The van der Waals surface area contributed by atoms with Gasteiger partial charge in [0.15, 0.2) is 0 Å². The van der Waals surface area contributed by atoms with Crippen LogP contribution in [-0.2, 0) is 0 Å². The third-order valence-electron chi connectivity index (χ3n) is 3.98. The molecule has 2 heteroatoms. The van der Waals surface area contributed by atoms with Crippen molar-refractivity contribution < 1.29 is 4.79 Å². The fourth-order valence-electron chi connectivity index (χ4n) is 2.12. The number of allylic oxidation sites excluding steroid dienone is 2. The van der Waals surface area contributed by atoms with E-state index in [9.17, 15) is 4.79 Å². The molecule has 0 saturated heterocycles. The van der Waals surface area contributed by atoms with Crippen molar-refractivity contribution in [2.75, 3.05) is 6.54 Å². The van der Waals surface area contributed by atoms with Crippen LogP contribution in [0, 0.1) is 12.8 Å². The van der Waals surface area contributed by atoms with Crippen LogP contribution in [0.5, 0.6) is 0 Å². The zero-order chi connectivity index (χ0) is 22.7. The SMILES string of the molecule is C=CC.C=CC.CCNC(=O)c1ccc(C(C)C(C)C)cc1.Cc1ccccc1. The summed E-state index contributed by atoms with van der Waals surface area (Å²) < 4.78 is 0. The first kappa shape index (κ1) is 28.6. The largest absolute Gasteiger partial charge is 0.352 e. The Bertz CT molecular complexity index is 651. The van der Waals surface area contributed by atoms with Gasteiger partial charge < -0.3 is 5.32 Å². The van der Waals surface area contributed by atoms with Crippen LogP contribution in [-0.4, -0.2) is 12.5 Å². The Morgan fingerprint density at radius 2 is 1.38 bits per heavy atom. The summed E-state index contributed by atoms with van der Waals surface area (Å²) in [5.74, 6) is 1.16. The third kappa shape index (κ3) is 15.0. The summed E-state index contributed by atoms with van der Waals surface area (Å²) in [6.45, 7) is 21.8. The van der Waals surface area contributed by atoms with E-state index in [4.69, 9.17) is 0 Å². The number of carbonyl (C=O) groups excluding carboxylic acids is 1. The first-order valence-electron chi connectivity index (χ1n) is 10.3. The molecule has 0 spiro atoms. The maximum Gasteiger partial charge on any atom is 0.251 e. The van der Waals surface area contributed by atoms with E-state index in [-0.39, 0.29) is 5.91 Å². The summed E-state index contributed by atoms with van der Waals surface area (Å²) in [4.78, 5) is 11.5. The van der Waals surface area contributed by atoms with Gasteiger partial charge in [0, 0.05) is 12.1 Å². The smallest absolute Gasteiger partial charge is 0.251 e. The standard InChI is InChI=1S/C14H21NO.C7H8.2C3H6/c1-5-15-14(16)13-8-6-12(7-9-13)11(4)10(2)3;1-7-5-3-2-4-6-7;2*1-3-2/h6-11H,5H2,1-4H3,(H,15,16);2-6H,1H3;2*3H,1H2,2H3. The average Bonchev–Trinajstić information content (AvgIpc) is 2.70. The zero-order valence-corrected chi connectivity index (χ0v) is 19.5. The molecule has 1 atom stereocenters. The highest BCUT2D eigenvalue weighted by Crippen LogP contribution is 2.23. The lowest BCUT2D eigenvalue weighted by Gasteiger charge is -2.16. The molecular formula is C27H41NO. The molecule has 0 aliphatic rings. The van der Waals surface area contributed by atoms with E-state index in [1.54, 1.807) is 12.2 Å². The summed E-state index contributed by atoms with van der Waals surface area (Å²) in [6, 6.07) is 18.2. The third-order valence-corrected chi connectivity index (χ3v) is 3.98. The first-order valence-corrected chi connectivity index (χ1v) is 10.3. The molecule has 0 aliphatic heterocycles. The van der Waals surface area contributed by atoms with Gasteiger partial charge in [0.25, 0.3) is 5.91 Å². The molecule has 29 heavy (non-hydrogen) atoms. The van der Waals surface area contributed by atoms with Gasteiger partial charge >= 0.3 is 0 Å². The fraction of sp³-hybridized carbons (Fsp3) is 0.370. The molecule has 0 aromatic heterocycles. The van der Waals surface area contributed by atoms with Crippen molar-refractivity contribution in [1.82, 2.24) is 5.32 Å². The second-order valence-electron chi connectivity index (χ2n) is 6.99. The topological polar surface area (TPSA) is 29.1 Å². The second-order valence-corrected chi connectivity index (χ2v) is 6.99. The molecule has 2 rings (SSSR count). The van der Waals surface area contributed by atoms with Crippen LogP contribution in [0.4, 0.5) is 0 Å². The van der Waals surface area contributed by atoms with Gasteiger partial charge in [0.2, 0.25) is 0 Å². The molecule has 1 amide bonds. The first-order chi connectivity index (χ1) is 13.8. The fourth-order valence-corrected chi connectivity index (χ4v) is 2.12. The minimum absolute atomic E-state index is 0.00579. The Kier molecular flexibility index (Phi) is 18.5. The Balaban J connectivity index is 0. The summed E-state index contributed by atoms with van der Waals surface area (Å²) in [5, 5.41) is 2.79. The highest BCUT2D eigenvalue weighted by atomic mass is 16.1. The van der Waals surface area contributed by atoms with Crippen LogP contribution in [0.2, 0.25) is 0 Å². The van der Waals surface area contributed by atoms with Crippen molar-refractivity contribution in [2.24, 2.45) is 5.92 Å². The van der Waals surface area contributed by atoms with Crippen LogP contribution in [0.1, 0.15) is 68.9 Å². The van der Waals surface area contributed by atoms with Gasteiger partial charge in [-0.15, -0.1) is 13.2 Å². The molecule has 0 saturated carbocycles. The van der Waals surface area contributed by atoms with E-state index < -0.39 is 0 Å². The Labute approximate surface area is 179 Å². The summed E-state index contributed by atoms with van der Waals surface area (Å²) in [6.07, 6.45) is 3.50. The molecule has 2 aromatic carbocycles. The van der Waals surface area contributed by atoms with Crippen LogP contribution < -0.4 is 5.32 Å². The number of carbonyl (C=O) groups is 1. The lowest BCUT2D eigenvalue weighted by Crippen LogP contribution is -2.22. The van der Waals surface area contributed by atoms with Gasteiger partial charge in [-0.25, -0.2) is 0 Å². The van der Waals surface area contributed by atoms with E-state index >= 15 is 0 Å². The minimum atomic E-state index is 0.00579. The van der Waals surface area contributed by atoms with Gasteiger partial charge in [-0.2, -0.15) is 0 Å². The highest BCUT2D eigenvalue weighted by molar-refractivity contribution is 5.94. The van der Waals surface area contributed by atoms with Crippen LogP contribution in [0.15, 0.2) is 79.9 Å². The van der Waals surface area contributed by atoms with E-state index in [0.717, 1.165) is 5.56 Å². The zero-order valence-electron chi connectivity index (χ0n) is 19.5. The van der Waals surface area contributed by atoms with Crippen LogP contribution in [0.25, 0.3) is 0 Å².